The lowest BCUT2D eigenvalue weighted by atomic mass is 10.0. The summed E-state index contributed by atoms with van der Waals surface area (Å²) in [6.07, 6.45) is 2.12. The van der Waals surface area contributed by atoms with E-state index >= 15 is 0 Å². The minimum atomic E-state index is 0.122. The van der Waals surface area contributed by atoms with Crippen molar-refractivity contribution in [3.8, 4) is 0 Å². The van der Waals surface area contributed by atoms with Crippen LogP contribution in [0.25, 0.3) is 0 Å². The number of hydrogen-bond acceptors (Lipinski definition) is 3. The van der Waals surface area contributed by atoms with Crippen LogP contribution in [0.5, 0.6) is 0 Å². The number of nitrogen functional groups attached to an aromatic ring is 1. The molecule has 0 atom stereocenters. The number of hydrogen-bond donors (Lipinski definition) is 2. The Hall–Kier alpha value is -1.55. The Labute approximate surface area is 122 Å². The third kappa shape index (κ3) is 3.73. The number of nitrogens with zero attached hydrogens (tertiary/aromatic N) is 1. The number of aryl methyl sites for hydroxylation is 1. The molecule has 0 heterocycles. The second kappa shape index (κ2) is 7.90. The maximum Gasteiger partial charge on any atom is 0.124 e. The van der Waals surface area contributed by atoms with E-state index in [1.807, 2.05) is 12.1 Å². The molecule has 4 heteroatoms. The second-order valence-electron chi connectivity index (χ2n) is 5.04. The Balaban J connectivity index is 3.28. The fourth-order valence-electron chi connectivity index (χ4n) is 2.65. The lowest BCUT2D eigenvalue weighted by molar-refractivity contribution is 0.202. The van der Waals surface area contributed by atoms with Gasteiger partial charge < -0.3 is 15.4 Å². The van der Waals surface area contributed by atoms with Crippen molar-refractivity contribution in [1.29, 1.82) is 5.41 Å². The van der Waals surface area contributed by atoms with Crippen molar-refractivity contribution in [2.45, 2.75) is 39.7 Å². The number of methoxy groups -OCH3 is 1. The first-order valence-corrected chi connectivity index (χ1v) is 7.26. The summed E-state index contributed by atoms with van der Waals surface area (Å²) in [5, 5.41) is 7.82. The standard InChI is InChI=1S/C16H27N3O/c1-5-13(6-2)19(10-11-20-4)15-12(3)8-7-9-14(15)16(17)18/h7-9,13H,5-6,10-11H2,1-4H3,(H3,17,18). The van der Waals surface area contributed by atoms with Gasteiger partial charge in [-0.1, -0.05) is 26.0 Å². The van der Waals surface area contributed by atoms with Crippen LogP contribution in [0.15, 0.2) is 18.2 Å². The number of rotatable bonds is 8. The summed E-state index contributed by atoms with van der Waals surface area (Å²) in [6.45, 7) is 7.94. The van der Waals surface area contributed by atoms with Crippen LogP contribution in [0.1, 0.15) is 37.8 Å². The van der Waals surface area contributed by atoms with Crippen LogP contribution in [0.3, 0.4) is 0 Å². The van der Waals surface area contributed by atoms with Crippen LogP contribution in [0, 0.1) is 12.3 Å². The molecule has 112 valence electrons. The maximum absolute atomic E-state index is 7.82. The summed E-state index contributed by atoms with van der Waals surface area (Å²) in [5.74, 6) is 0.122. The number of nitrogens with one attached hydrogen (secondary N) is 1. The molecule has 0 aromatic heterocycles. The monoisotopic (exact) mass is 277 g/mol. The van der Waals surface area contributed by atoms with Crippen molar-refractivity contribution in [3.05, 3.63) is 29.3 Å². The highest BCUT2D eigenvalue weighted by Crippen LogP contribution is 2.28. The highest BCUT2D eigenvalue weighted by atomic mass is 16.5. The van der Waals surface area contributed by atoms with E-state index in [0.717, 1.165) is 36.2 Å². The van der Waals surface area contributed by atoms with Gasteiger partial charge in [-0.15, -0.1) is 0 Å². The maximum atomic E-state index is 7.82. The molecule has 0 amide bonds. The summed E-state index contributed by atoms with van der Waals surface area (Å²) in [7, 11) is 1.72. The average molecular weight is 277 g/mol. The van der Waals surface area contributed by atoms with Crippen LogP contribution in [0.2, 0.25) is 0 Å². The molecule has 0 saturated carbocycles. The van der Waals surface area contributed by atoms with Gasteiger partial charge in [-0.05, 0) is 31.4 Å². The Morgan fingerprint density at radius 2 is 2.00 bits per heavy atom. The highest BCUT2D eigenvalue weighted by molar-refractivity contribution is 6.01. The molecule has 0 aliphatic carbocycles. The second-order valence-corrected chi connectivity index (χ2v) is 5.04. The number of benzene rings is 1. The van der Waals surface area contributed by atoms with E-state index in [0.29, 0.717) is 12.6 Å². The van der Waals surface area contributed by atoms with E-state index in [1.165, 1.54) is 0 Å². The van der Waals surface area contributed by atoms with Gasteiger partial charge in [0.1, 0.15) is 5.84 Å². The Kier molecular flexibility index (Phi) is 6.52. The van der Waals surface area contributed by atoms with Crippen LogP contribution in [0.4, 0.5) is 5.69 Å². The molecule has 1 aromatic carbocycles. The first kappa shape index (κ1) is 16.5. The molecule has 1 rings (SSSR count). The van der Waals surface area contributed by atoms with Crippen LogP contribution in [-0.4, -0.2) is 32.1 Å². The molecule has 3 N–H and O–H groups in total. The van der Waals surface area contributed by atoms with Crippen molar-refractivity contribution >= 4 is 11.5 Å². The summed E-state index contributed by atoms with van der Waals surface area (Å²) >= 11 is 0. The smallest absolute Gasteiger partial charge is 0.124 e. The zero-order valence-corrected chi connectivity index (χ0v) is 13.1. The summed E-state index contributed by atoms with van der Waals surface area (Å²) in [4.78, 5) is 2.34. The van der Waals surface area contributed by atoms with Gasteiger partial charge in [-0.25, -0.2) is 0 Å². The largest absolute Gasteiger partial charge is 0.384 e. The quantitative estimate of drug-likeness (QED) is 0.567. The Bertz CT molecular complexity index is 441. The third-order valence-electron chi connectivity index (χ3n) is 3.73. The Morgan fingerprint density at radius 3 is 2.50 bits per heavy atom. The predicted octanol–water partition coefficient (Wildman–Crippen LogP) is 2.92. The van der Waals surface area contributed by atoms with E-state index in [1.54, 1.807) is 7.11 Å². The molecule has 1 aromatic rings. The van der Waals surface area contributed by atoms with E-state index in [9.17, 15) is 0 Å². The number of ether oxygens (including phenoxy) is 1. The average Bonchev–Trinajstić information content (AvgIpc) is 2.43. The predicted molar refractivity (Wildman–Crippen MR) is 85.8 cm³/mol. The molecule has 0 unspecified atom stereocenters. The van der Waals surface area contributed by atoms with Gasteiger partial charge in [0.2, 0.25) is 0 Å². The van der Waals surface area contributed by atoms with Crippen molar-refractivity contribution in [1.82, 2.24) is 0 Å². The highest BCUT2D eigenvalue weighted by Gasteiger charge is 2.21. The van der Waals surface area contributed by atoms with Gasteiger partial charge in [0, 0.05) is 25.3 Å². The zero-order valence-electron chi connectivity index (χ0n) is 13.1. The van der Waals surface area contributed by atoms with Gasteiger partial charge in [-0.2, -0.15) is 0 Å². The summed E-state index contributed by atoms with van der Waals surface area (Å²) < 4.78 is 5.25. The SMILES string of the molecule is CCC(CC)N(CCOC)c1c(C)cccc1C(=N)N. The molecule has 20 heavy (non-hydrogen) atoms. The van der Waals surface area contributed by atoms with Gasteiger partial charge in [0.05, 0.1) is 12.3 Å². The molecule has 0 spiro atoms. The van der Waals surface area contributed by atoms with E-state index in [-0.39, 0.29) is 5.84 Å². The summed E-state index contributed by atoms with van der Waals surface area (Å²) in [5.41, 5.74) is 8.80. The first-order chi connectivity index (χ1) is 9.56. The number of amidine groups is 1. The molecule has 0 saturated heterocycles. The molecule has 0 aliphatic heterocycles. The molecule has 0 bridgehead atoms. The minimum Gasteiger partial charge on any atom is -0.384 e. The molecular weight excluding hydrogens is 250 g/mol. The lowest BCUT2D eigenvalue weighted by Gasteiger charge is -2.35. The number of anilines is 1. The number of nitrogens with two attached hydrogens (primary N) is 1. The van der Waals surface area contributed by atoms with E-state index in [4.69, 9.17) is 15.9 Å². The topological polar surface area (TPSA) is 62.3 Å². The van der Waals surface area contributed by atoms with Crippen molar-refractivity contribution in [2.24, 2.45) is 5.73 Å². The van der Waals surface area contributed by atoms with Gasteiger partial charge in [-0.3, -0.25) is 5.41 Å². The molecular formula is C16H27N3O. The van der Waals surface area contributed by atoms with Crippen LogP contribution < -0.4 is 10.6 Å². The van der Waals surface area contributed by atoms with Gasteiger partial charge >= 0.3 is 0 Å². The van der Waals surface area contributed by atoms with Crippen LogP contribution >= 0.6 is 0 Å². The summed E-state index contributed by atoms with van der Waals surface area (Å²) in [6, 6.07) is 6.39. The normalized spacial score (nSPS) is 10.8. The molecule has 0 fully saturated rings. The fourth-order valence-corrected chi connectivity index (χ4v) is 2.65. The fraction of sp³-hybridized carbons (Fsp3) is 0.562. The Morgan fingerprint density at radius 1 is 1.35 bits per heavy atom. The zero-order chi connectivity index (χ0) is 15.1. The van der Waals surface area contributed by atoms with Crippen molar-refractivity contribution < 1.29 is 4.74 Å². The van der Waals surface area contributed by atoms with Gasteiger partial charge in [0.15, 0.2) is 0 Å². The minimum absolute atomic E-state index is 0.122. The van der Waals surface area contributed by atoms with E-state index in [2.05, 4.69) is 31.7 Å². The number of para-hydroxylation sites is 1. The van der Waals surface area contributed by atoms with Gasteiger partial charge in [0.25, 0.3) is 0 Å². The van der Waals surface area contributed by atoms with E-state index < -0.39 is 0 Å². The third-order valence-corrected chi connectivity index (χ3v) is 3.73. The molecule has 4 nitrogen and oxygen atoms in total. The molecule has 0 radical (unpaired) electrons. The van der Waals surface area contributed by atoms with Crippen molar-refractivity contribution in [3.63, 3.8) is 0 Å². The lowest BCUT2D eigenvalue weighted by Crippen LogP contribution is -2.39. The van der Waals surface area contributed by atoms with Crippen molar-refractivity contribution in [2.75, 3.05) is 25.2 Å². The first-order valence-electron chi connectivity index (χ1n) is 7.26. The van der Waals surface area contributed by atoms with Crippen LogP contribution in [-0.2, 0) is 4.74 Å². The molecule has 0 aliphatic rings.